The standard InChI is InChI=1S/C21H23ClN2O3S/c1-16-3-9-20(15-17(16)2)28(26,27)24-13-11-23(12-14-24)21(25)10-6-18-4-7-19(22)8-5-18/h3-10,15H,11-14H2,1-2H3/b10-6+. The third-order valence-electron chi connectivity index (χ3n) is 4.95. The van der Waals surface area contributed by atoms with Gasteiger partial charge in [0.2, 0.25) is 15.9 Å². The fourth-order valence-electron chi connectivity index (χ4n) is 3.02. The Bertz CT molecular complexity index is 993. The summed E-state index contributed by atoms with van der Waals surface area (Å²) in [4.78, 5) is 14.4. The fourth-order valence-corrected chi connectivity index (χ4v) is 4.65. The number of carbonyl (C=O) groups is 1. The Kier molecular flexibility index (Phi) is 6.23. The van der Waals surface area contributed by atoms with Crippen LogP contribution in [0.15, 0.2) is 53.4 Å². The van der Waals surface area contributed by atoms with Crippen LogP contribution in [0.3, 0.4) is 0 Å². The van der Waals surface area contributed by atoms with Crippen LogP contribution in [0.2, 0.25) is 5.02 Å². The van der Waals surface area contributed by atoms with Crippen LogP contribution in [-0.4, -0.2) is 49.7 Å². The molecular formula is C21H23ClN2O3S. The van der Waals surface area contributed by atoms with Crippen molar-refractivity contribution in [2.45, 2.75) is 18.7 Å². The number of carbonyl (C=O) groups excluding carboxylic acids is 1. The molecule has 2 aromatic rings. The van der Waals surface area contributed by atoms with Gasteiger partial charge in [-0.3, -0.25) is 4.79 Å². The molecule has 1 saturated heterocycles. The Morgan fingerprint density at radius 2 is 1.61 bits per heavy atom. The summed E-state index contributed by atoms with van der Waals surface area (Å²) in [6.45, 7) is 5.17. The second-order valence-corrected chi connectivity index (χ2v) is 9.23. The highest BCUT2D eigenvalue weighted by Crippen LogP contribution is 2.20. The molecule has 0 radical (unpaired) electrons. The quantitative estimate of drug-likeness (QED) is 0.714. The van der Waals surface area contributed by atoms with E-state index in [1.54, 1.807) is 35.2 Å². The first-order chi connectivity index (χ1) is 13.3. The molecule has 1 aliphatic heterocycles. The largest absolute Gasteiger partial charge is 0.337 e. The van der Waals surface area contributed by atoms with E-state index in [1.807, 2.05) is 32.0 Å². The van der Waals surface area contributed by atoms with Crippen molar-refractivity contribution in [2.75, 3.05) is 26.2 Å². The first kappa shape index (κ1) is 20.6. The topological polar surface area (TPSA) is 57.7 Å². The summed E-state index contributed by atoms with van der Waals surface area (Å²) < 4.78 is 27.2. The predicted octanol–water partition coefficient (Wildman–Crippen LogP) is 3.50. The number of rotatable bonds is 4. The Balaban J connectivity index is 1.62. The minimum absolute atomic E-state index is 0.127. The summed E-state index contributed by atoms with van der Waals surface area (Å²) in [6.07, 6.45) is 3.24. The number of amides is 1. The van der Waals surface area contributed by atoms with E-state index in [4.69, 9.17) is 11.6 Å². The minimum Gasteiger partial charge on any atom is -0.337 e. The number of benzene rings is 2. The minimum atomic E-state index is -3.54. The number of nitrogens with zero attached hydrogens (tertiary/aromatic N) is 2. The third kappa shape index (κ3) is 4.63. The van der Waals surface area contributed by atoms with Crippen molar-refractivity contribution in [3.8, 4) is 0 Å². The summed E-state index contributed by atoms with van der Waals surface area (Å²) in [5, 5.41) is 0.643. The molecule has 0 saturated carbocycles. The van der Waals surface area contributed by atoms with Crippen LogP contribution in [0.25, 0.3) is 6.08 Å². The van der Waals surface area contributed by atoms with Gasteiger partial charge in [-0.05, 0) is 60.9 Å². The summed E-state index contributed by atoms with van der Waals surface area (Å²) in [7, 11) is -3.54. The van der Waals surface area contributed by atoms with Gasteiger partial charge in [-0.25, -0.2) is 8.42 Å². The third-order valence-corrected chi connectivity index (χ3v) is 7.10. The Morgan fingerprint density at radius 3 is 2.21 bits per heavy atom. The molecule has 0 spiro atoms. The van der Waals surface area contributed by atoms with E-state index in [2.05, 4.69) is 0 Å². The average molecular weight is 419 g/mol. The molecule has 3 rings (SSSR count). The Hall–Kier alpha value is -2.15. The zero-order valence-electron chi connectivity index (χ0n) is 15.9. The predicted molar refractivity (Wildman–Crippen MR) is 112 cm³/mol. The summed E-state index contributed by atoms with van der Waals surface area (Å²) in [5.74, 6) is -0.127. The van der Waals surface area contributed by atoms with Gasteiger partial charge in [0.1, 0.15) is 0 Å². The van der Waals surface area contributed by atoms with Gasteiger partial charge in [0.15, 0.2) is 0 Å². The number of hydrogen-bond acceptors (Lipinski definition) is 3. The molecule has 2 aromatic carbocycles. The van der Waals surface area contributed by atoms with Crippen molar-refractivity contribution in [1.29, 1.82) is 0 Å². The van der Waals surface area contributed by atoms with Crippen molar-refractivity contribution < 1.29 is 13.2 Å². The number of hydrogen-bond donors (Lipinski definition) is 0. The Morgan fingerprint density at radius 1 is 0.964 bits per heavy atom. The molecular weight excluding hydrogens is 396 g/mol. The zero-order valence-corrected chi connectivity index (χ0v) is 17.5. The van der Waals surface area contributed by atoms with Gasteiger partial charge in [-0.15, -0.1) is 0 Å². The summed E-state index contributed by atoms with van der Waals surface area (Å²) in [6, 6.07) is 12.4. The highest BCUT2D eigenvalue weighted by Gasteiger charge is 2.29. The molecule has 7 heteroatoms. The SMILES string of the molecule is Cc1ccc(S(=O)(=O)N2CCN(C(=O)/C=C/c3ccc(Cl)cc3)CC2)cc1C. The van der Waals surface area contributed by atoms with Gasteiger partial charge < -0.3 is 4.90 Å². The van der Waals surface area contributed by atoms with E-state index in [0.29, 0.717) is 23.0 Å². The molecule has 148 valence electrons. The van der Waals surface area contributed by atoms with E-state index < -0.39 is 10.0 Å². The van der Waals surface area contributed by atoms with Gasteiger partial charge in [0.25, 0.3) is 0 Å². The van der Waals surface area contributed by atoms with Crippen LogP contribution in [0.1, 0.15) is 16.7 Å². The van der Waals surface area contributed by atoms with Gasteiger partial charge in [0.05, 0.1) is 4.90 Å². The maximum Gasteiger partial charge on any atom is 0.246 e. The van der Waals surface area contributed by atoms with Crippen molar-refractivity contribution in [2.24, 2.45) is 0 Å². The molecule has 5 nitrogen and oxygen atoms in total. The van der Waals surface area contributed by atoms with Gasteiger partial charge in [0, 0.05) is 37.3 Å². The number of aryl methyl sites for hydroxylation is 2. The van der Waals surface area contributed by atoms with Crippen molar-refractivity contribution in [1.82, 2.24) is 9.21 Å². The van der Waals surface area contributed by atoms with Crippen LogP contribution in [0.5, 0.6) is 0 Å². The molecule has 0 N–H and O–H groups in total. The lowest BCUT2D eigenvalue weighted by Crippen LogP contribution is -2.50. The van der Waals surface area contributed by atoms with Crippen LogP contribution < -0.4 is 0 Å². The highest BCUT2D eigenvalue weighted by atomic mass is 35.5. The first-order valence-corrected chi connectivity index (χ1v) is 10.9. The molecule has 0 aliphatic carbocycles. The van der Waals surface area contributed by atoms with Gasteiger partial charge in [-0.1, -0.05) is 29.8 Å². The number of halogens is 1. The van der Waals surface area contributed by atoms with Crippen molar-refractivity contribution >= 4 is 33.6 Å². The molecule has 0 aromatic heterocycles. The van der Waals surface area contributed by atoms with Crippen LogP contribution in [-0.2, 0) is 14.8 Å². The first-order valence-electron chi connectivity index (χ1n) is 9.07. The van der Waals surface area contributed by atoms with E-state index >= 15 is 0 Å². The summed E-state index contributed by atoms with van der Waals surface area (Å²) >= 11 is 5.85. The lowest BCUT2D eigenvalue weighted by molar-refractivity contribution is -0.127. The maximum absolute atomic E-state index is 12.9. The number of sulfonamides is 1. The average Bonchev–Trinajstić information content (AvgIpc) is 2.69. The lowest BCUT2D eigenvalue weighted by Gasteiger charge is -2.33. The van der Waals surface area contributed by atoms with Crippen molar-refractivity contribution in [3.63, 3.8) is 0 Å². The zero-order chi connectivity index (χ0) is 20.3. The molecule has 1 heterocycles. The van der Waals surface area contributed by atoms with Crippen LogP contribution >= 0.6 is 11.6 Å². The number of piperazine rings is 1. The van der Waals surface area contributed by atoms with Gasteiger partial charge in [-0.2, -0.15) is 4.31 Å². The maximum atomic E-state index is 12.9. The van der Waals surface area contributed by atoms with E-state index in [0.717, 1.165) is 16.7 Å². The van der Waals surface area contributed by atoms with Crippen LogP contribution in [0.4, 0.5) is 0 Å². The molecule has 1 aliphatic rings. The van der Waals surface area contributed by atoms with Crippen molar-refractivity contribution in [3.05, 3.63) is 70.3 Å². The molecule has 0 unspecified atom stereocenters. The molecule has 0 bridgehead atoms. The van der Waals surface area contributed by atoms with E-state index in [1.165, 1.54) is 10.4 Å². The van der Waals surface area contributed by atoms with E-state index in [-0.39, 0.29) is 19.0 Å². The summed E-state index contributed by atoms with van der Waals surface area (Å²) in [5.41, 5.74) is 2.89. The molecule has 1 amide bonds. The van der Waals surface area contributed by atoms with Crippen LogP contribution in [0, 0.1) is 13.8 Å². The second kappa shape index (κ2) is 8.47. The van der Waals surface area contributed by atoms with Gasteiger partial charge >= 0.3 is 0 Å². The second-order valence-electron chi connectivity index (χ2n) is 6.86. The fraction of sp³-hybridized carbons (Fsp3) is 0.286. The highest BCUT2D eigenvalue weighted by molar-refractivity contribution is 7.89. The lowest BCUT2D eigenvalue weighted by atomic mass is 10.1. The molecule has 1 fully saturated rings. The smallest absolute Gasteiger partial charge is 0.246 e. The molecule has 28 heavy (non-hydrogen) atoms. The monoisotopic (exact) mass is 418 g/mol. The molecule has 0 atom stereocenters. The Labute approximate surface area is 171 Å². The van der Waals surface area contributed by atoms with E-state index in [9.17, 15) is 13.2 Å². The normalized spacial score (nSPS) is 15.9.